The van der Waals surface area contributed by atoms with Gasteiger partial charge in [0.15, 0.2) is 0 Å². The van der Waals surface area contributed by atoms with Gasteiger partial charge < -0.3 is 14.0 Å². The number of fused-ring (bicyclic) bond motifs is 1. The molecule has 0 N–H and O–H groups in total. The van der Waals surface area contributed by atoms with Gasteiger partial charge in [-0.25, -0.2) is 9.59 Å². The number of rotatable bonds is 6. The zero-order chi connectivity index (χ0) is 19.9. The normalized spacial score (nSPS) is 10.7. The van der Waals surface area contributed by atoms with E-state index in [9.17, 15) is 9.59 Å². The van der Waals surface area contributed by atoms with Gasteiger partial charge in [0.25, 0.3) is 0 Å². The molecule has 0 aliphatic carbocycles. The molecule has 6 heteroatoms. The number of benzene rings is 2. The van der Waals surface area contributed by atoms with Crippen LogP contribution in [0.4, 0.5) is 0 Å². The number of carbonyl (C=O) groups is 2. The van der Waals surface area contributed by atoms with Crippen molar-refractivity contribution < 1.29 is 19.1 Å². The van der Waals surface area contributed by atoms with Gasteiger partial charge in [0.05, 0.1) is 25.2 Å². The predicted molar refractivity (Wildman–Crippen MR) is 105 cm³/mol. The molecule has 1 heterocycles. The van der Waals surface area contributed by atoms with Crippen LogP contribution in [0.3, 0.4) is 0 Å². The van der Waals surface area contributed by atoms with Crippen LogP contribution in [0.25, 0.3) is 17.0 Å². The van der Waals surface area contributed by atoms with Gasteiger partial charge in [0.2, 0.25) is 0 Å². The Labute approximate surface area is 162 Å². The van der Waals surface area contributed by atoms with Gasteiger partial charge in [-0.3, -0.25) is 0 Å². The van der Waals surface area contributed by atoms with E-state index >= 15 is 0 Å². The molecule has 140 valence electrons. The summed E-state index contributed by atoms with van der Waals surface area (Å²) < 4.78 is 11.9. The van der Waals surface area contributed by atoms with Crippen molar-refractivity contribution in [2.24, 2.45) is 0 Å². The Hall–Kier alpha value is -3.85. The number of aryl methyl sites for hydroxylation is 1. The summed E-state index contributed by atoms with van der Waals surface area (Å²) in [5, 5.41) is 9.81. The van der Waals surface area contributed by atoms with E-state index in [1.165, 1.54) is 37.5 Å². The van der Waals surface area contributed by atoms with Crippen LogP contribution >= 0.6 is 0 Å². The van der Waals surface area contributed by atoms with Crippen molar-refractivity contribution in [2.45, 2.75) is 13.0 Å². The molecular weight excluding hydrogens is 356 g/mol. The number of hydrogen-bond donors (Lipinski definition) is 0. The molecule has 0 bridgehead atoms. The number of para-hydroxylation sites is 1. The molecule has 1 aromatic heterocycles. The maximum Gasteiger partial charge on any atom is 0.337 e. The number of nitriles is 1. The molecule has 3 aromatic rings. The first-order valence-electron chi connectivity index (χ1n) is 8.65. The third-order valence-electron chi connectivity index (χ3n) is 4.18. The number of nitrogens with zero attached hydrogens (tertiary/aromatic N) is 2. The van der Waals surface area contributed by atoms with Crippen molar-refractivity contribution in [3.05, 3.63) is 71.9 Å². The number of esters is 2. The van der Waals surface area contributed by atoms with Crippen LogP contribution in [0.5, 0.6) is 5.75 Å². The van der Waals surface area contributed by atoms with Gasteiger partial charge in [-0.05, 0) is 36.4 Å². The fraction of sp³-hybridized carbons (Fsp3) is 0.136. The number of hydrogen-bond acceptors (Lipinski definition) is 5. The molecule has 0 radical (unpaired) electrons. The van der Waals surface area contributed by atoms with Crippen LogP contribution in [0.15, 0.2) is 60.8 Å². The van der Waals surface area contributed by atoms with Crippen LogP contribution < -0.4 is 4.74 Å². The lowest BCUT2D eigenvalue weighted by Gasteiger charge is -2.02. The van der Waals surface area contributed by atoms with E-state index in [0.29, 0.717) is 24.3 Å². The number of aromatic nitrogens is 1. The molecule has 2 aromatic carbocycles. The first kappa shape index (κ1) is 18.9. The van der Waals surface area contributed by atoms with Crippen LogP contribution in [0.2, 0.25) is 0 Å². The summed E-state index contributed by atoms with van der Waals surface area (Å²) in [5.74, 6) is -0.649. The highest BCUT2D eigenvalue weighted by molar-refractivity contribution is 5.95. The van der Waals surface area contributed by atoms with E-state index in [4.69, 9.17) is 10.00 Å². The highest BCUT2D eigenvalue weighted by Gasteiger charge is 2.08. The lowest BCUT2D eigenvalue weighted by atomic mass is 10.1. The summed E-state index contributed by atoms with van der Waals surface area (Å²) in [5.41, 5.74) is 2.25. The second kappa shape index (κ2) is 8.69. The Balaban J connectivity index is 1.74. The Morgan fingerprint density at radius 2 is 1.89 bits per heavy atom. The van der Waals surface area contributed by atoms with Crippen molar-refractivity contribution in [1.82, 2.24) is 4.57 Å². The zero-order valence-electron chi connectivity index (χ0n) is 15.3. The molecule has 0 aliphatic rings. The SMILES string of the molecule is COC(=O)c1ccc(OC(=O)/C=C/c2cn(CCC#N)c3ccccc23)cc1. The van der Waals surface area contributed by atoms with Gasteiger partial charge in [-0.1, -0.05) is 18.2 Å². The lowest BCUT2D eigenvalue weighted by Crippen LogP contribution is -2.05. The molecule has 28 heavy (non-hydrogen) atoms. The van der Waals surface area contributed by atoms with Crippen LogP contribution in [-0.2, 0) is 16.1 Å². The Morgan fingerprint density at radius 3 is 2.61 bits per heavy atom. The molecular formula is C22H18N2O4. The molecule has 3 rings (SSSR count). The minimum atomic E-state index is -0.528. The average Bonchev–Trinajstić information content (AvgIpc) is 3.08. The standard InChI is InChI=1S/C22H18N2O4/c1-27-22(26)16-7-10-18(11-8-16)28-21(25)12-9-17-15-24(14-4-13-23)20-6-3-2-5-19(17)20/h2-3,5-12,15H,4,14H2,1H3/b12-9+. The average molecular weight is 374 g/mol. The summed E-state index contributed by atoms with van der Waals surface area (Å²) in [4.78, 5) is 23.5. The summed E-state index contributed by atoms with van der Waals surface area (Å²) >= 11 is 0. The summed E-state index contributed by atoms with van der Waals surface area (Å²) in [7, 11) is 1.30. The van der Waals surface area contributed by atoms with Gasteiger partial charge in [-0.2, -0.15) is 5.26 Å². The smallest absolute Gasteiger partial charge is 0.337 e. The molecule has 6 nitrogen and oxygen atoms in total. The van der Waals surface area contributed by atoms with E-state index in [-0.39, 0.29) is 0 Å². The van der Waals surface area contributed by atoms with Crippen molar-refractivity contribution in [3.63, 3.8) is 0 Å². The van der Waals surface area contributed by atoms with Crippen LogP contribution in [-0.4, -0.2) is 23.6 Å². The highest BCUT2D eigenvalue weighted by atomic mass is 16.5. The zero-order valence-corrected chi connectivity index (χ0v) is 15.3. The van der Waals surface area contributed by atoms with Crippen LogP contribution in [0.1, 0.15) is 22.3 Å². The third-order valence-corrected chi connectivity index (χ3v) is 4.18. The predicted octanol–water partition coefficient (Wildman–Crippen LogP) is 3.96. The minimum absolute atomic E-state index is 0.332. The van der Waals surface area contributed by atoms with Gasteiger partial charge in [-0.15, -0.1) is 0 Å². The Morgan fingerprint density at radius 1 is 1.14 bits per heavy atom. The van der Waals surface area contributed by atoms with Crippen molar-refractivity contribution >= 4 is 28.9 Å². The third kappa shape index (κ3) is 4.27. The fourth-order valence-corrected chi connectivity index (χ4v) is 2.85. The van der Waals surface area contributed by atoms with Crippen molar-refractivity contribution in [2.75, 3.05) is 7.11 Å². The second-order valence-corrected chi connectivity index (χ2v) is 5.97. The van der Waals surface area contributed by atoms with E-state index in [1.54, 1.807) is 6.08 Å². The second-order valence-electron chi connectivity index (χ2n) is 5.97. The molecule has 0 atom stereocenters. The van der Waals surface area contributed by atoms with E-state index in [0.717, 1.165) is 16.5 Å². The number of carbonyl (C=O) groups excluding carboxylic acids is 2. The quantitative estimate of drug-likeness (QED) is 0.371. The molecule has 0 unspecified atom stereocenters. The van der Waals surface area contributed by atoms with Gasteiger partial charge in [0, 0.05) is 35.3 Å². The van der Waals surface area contributed by atoms with Crippen molar-refractivity contribution in [1.29, 1.82) is 5.26 Å². The molecule has 0 spiro atoms. The first-order valence-corrected chi connectivity index (χ1v) is 8.65. The van der Waals surface area contributed by atoms with Crippen LogP contribution in [0, 0.1) is 11.3 Å². The lowest BCUT2D eigenvalue weighted by molar-refractivity contribution is -0.128. The molecule has 0 aliphatic heterocycles. The summed E-state index contributed by atoms with van der Waals surface area (Å²) in [6.07, 6.45) is 5.36. The summed E-state index contributed by atoms with van der Waals surface area (Å²) in [6, 6.07) is 16.1. The molecule has 0 fully saturated rings. The number of methoxy groups -OCH3 is 1. The van der Waals surface area contributed by atoms with Gasteiger partial charge in [0.1, 0.15) is 5.75 Å². The monoisotopic (exact) mass is 374 g/mol. The molecule has 0 amide bonds. The first-order chi connectivity index (χ1) is 13.6. The molecule has 0 saturated heterocycles. The largest absolute Gasteiger partial charge is 0.465 e. The topological polar surface area (TPSA) is 81.3 Å². The minimum Gasteiger partial charge on any atom is -0.465 e. The van der Waals surface area contributed by atoms with E-state index < -0.39 is 11.9 Å². The van der Waals surface area contributed by atoms with E-state index in [1.807, 2.05) is 35.0 Å². The maximum absolute atomic E-state index is 12.1. The maximum atomic E-state index is 12.1. The number of ether oxygens (including phenoxy) is 2. The van der Waals surface area contributed by atoms with Gasteiger partial charge >= 0.3 is 11.9 Å². The summed E-state index contributed by atoms with van der Waals surface area (Å²) in [6.45, 7) is 0.585. The highest BCUT2D eigenvalue weighted by Crippen LogP contribution is 2.23. The Kier molecular flexibility index (Phi) is 5.87. The Bertz CT molecular complexity index is 1070. The fourth-order valence-electron chi connectivity index (χ4n) is 2.85. The molecule has 0 saturated carbocycles. The van der Waals surface area contributed by atoms with E-state index in [2.05, 4.69) is 10.8 Å². The van der Waals surface area contributed by atoms with Crippen molar-refractivity contribution in [3.8, 4) is 11.8 Å².